The predicted molar refractivity (Wildman–Crippen MR) is 67.6 cm³/mol. The second-order valence-corrected chi connectivity index (χ2v) is 3.94. The van der Waals surface area contributed by atoms with Gasteiger partial charge in [0.25, 0.3) is 0 Å². The van der Waals surface area contributed by atoms with Crippen LogP contribution in [0.25, 0.3) is 0 Å². The van der Waals surface area contributed by atoms with E-state index in [1.807, 2.05) is 13.8 Å². The van der Waals surface area contributed by atoms with Crippen LogP contribution in [0.3, 0.4) is 0 Å². The van der Waals surface area contributed by atoms with Crippen molar-refractivity contribution >= 4 is 0 Å². The molecule has 0 aliphatic carbocycles. The van der Waals surface area contributed by atoms with Gasteiger partial charge in [-0.3, -0.25) is 4.98 Å². The summed E-state index contributed by atoms with van der Waals surface area (Å²) in [6.45, 7) is 4.48. The summed E-state index contributed by atoms with van der Waals surface area (Å²) >= 11 is 0. The summed E-state index contributed by atoms with van der Waals surface area (Å²) in [4.78, 5) is 4.07. The van der Waals surface area contributed by atoms with Crippen molar-refractivity contribution in [2.24, 2.45) is 0 Å². The van der Waals surface area contributed by atoms with E-state index < -0.39 is 6.10 Å². The molecule has 4 heteroatoms. The topological polar surface area (TPSA) is 55.5 Å². The smallest absolute Gasteiger partial charge is 0.137 e. The van der Waals surface area contributed by atoms with Crippen molar-refractivity contribution in [3.05, 3.63) is 47.7 Å². The molecule has 0 aromatic carbocycles. The molecule has 1 N–H and O–H groups in total. The summed E-state index contributed by atoms with van der Waals surface area (Å²) in [5.41, 5.74) is 1.49. The highest BCUT2D eigenvalue weighted by molar-refractivity contribution is 5.33. The van der Waals surface area contributed by atoms with Gasteiger partial charge in [-0.1, -0.05) is 6.92 Å². The van der Waals surface area contributed by atoms with Gasteiger partial charge in [-0.05, 0) is 19.1 Å². The van der Waals surface area contributed by atoms with Crippen molar-refractivity contribution in [2.45, 2.75) is 26.4 Å². The number of rotatable bonds is 5. The number of nitrogens with zero attached hydrogens (tertiary/aromatic N) is 1. The van der Waals surface area contributed by atoms with Crippen molar-refractivity contribution in [1.82, 2.24) is 4.98 Å². The molecule has 2 heterocycles. The summed E-state index contributed by atoms with van der Waals surface area (Å²) in [5.74, 6) is 1.46. The molecule has 0 radical (unpaired) electrons. The van der Waals surface area contributed by atoms with Crippen molar-refractivity contribution in [3.8, 4) is 5.75 Å². The maximum atomic E-state index is 10.3. The first kappa shape index (κ1) is 12.6. The van der Waals surface area contributed by atoms with Gasteiger partial charge in [0.2, 0.25) is 0 Å². The van der Waals surface area contributed by atoms with Gasteiger partial charge in [0.15, 0.2) is 0 Å². The number of aryl methyl sites for hydroxylation is 1. The minimum Gasteiger partial charge on any atom is -0.492 e. The Labute approximate surface area is 106 Å². The normalized spacial score (nSPS) is 12.4. The highest BCUT2D eigenvalue weighted by atomic mass is 16.5. The van der Waals surface area contributed by atoms with Crippen molar-refractivity contribution < 1.29 is 14.3 Å². The van der Waals surface area contributed by atoms with Crippen molar-refractivity contribution in [3.63, 3.8) is 0 Å². The first-order valence-electron chi connectivity index (χ1n) is 6.08. The number of ether oxygens (including phenoxy) is 1. The maximum absolute atomic E-state index is 10.3. The summed E-state index contributed by atoms with van der Waals surface area (Å²) in [7, 11) is 0. The average Bonchev–Trinajstić information content (AvgIpc) is 2.87. The third-order valence-corrected chi connectivity index (χ3v) is 2.76. The molecule has 2 aromatic rings. The van der Waals surface area contributed by atoms with Gasteiger partial charge in [0, 0.05) is 23.7 Å². The summed E-state index contributed by atoms with van der Waals surface area (Å²) in [6, 6.07) is 3.59. The molecule has 96 valence electrons. The molecule has 2 rings (SSSR count). The first-order chi connectivity index (χ1) is 8.76. The van der Waals surface area contributed by atoms with Crippen LogP contribution >= 0.6 is 0 Å². The molecule has 1 unspecified atom stereocenters. The molecule has 18 heavy (non-hydrogen) atoms. The first-order valence-corrected chi connectivity index (χ1v) is 6.08. The Bertz CT molecular complexity index is 507. The van der Waals surface area contributed by atoms with E-state index in [1.54, 1.807) is 30.8 Å². The van der Waals surface area contributed by atoms with E-state index in [0.717, 1.165) is 17.7 Å². The van der Waals surface area contributed by atoms with Crippen LogP contribution in [0, 0.1) is 0 Å². The highest BCUT2D eigenvalue weighted by Crippen LogP contribution is 2.27. The molecule has 4 nitrogen and oxygen atoms in total. The number of aliphatic hydroxyl groups is 1. The van der Waals surface area contributed by atoms with Gasteiger partial charge in [-0.15, -0.1) is 0 Å². The van der Waals surface area contributed by atoms with E-state index in [4.69, 9.17) is 9.15 Å². The van der Waals surface area contributed by atoms with Crippen LogP contribution in [0.4, 0.5) is 0 Å². The molecular weight excluding hydrogens is 230 g/mol. The summed E-state index contributed by atoms with van der Waals surface area (Å²) < 4.78 is 10.7. The van der Waals surface area contributed by atoms with Gasteiger partial charge in [-0.25, -0.2) is 0 Å². The van der Waals surface area contributed by atoms with E-state index in [1.165, 1.54) is 0 Å². The van der Waals surface area contributed by atoms with E-state index in [2.05, 4.69) is 4.98 Å². The molecule has 1 atom stereocenters. The second-order valence-electron chi connectivity index (χ2n) is 3.94. The number of aromatic nitrogens is 1. The largest absolute Gasteiger partial charge is 0.492 e. The van der Waals surface area contributed by atoms with E-state index in [-0.39, 0.29) is 0 Å². The number of furan rings is 1. The molecule has 0 saturated heterocycles. The van der Waals surface area contributed by atoms with Crippen LogP contribution in [-0.2, 0) is 6.42 Å². The van der Waals surface area contributed by atoms with Crippen LogP contribution in [0.15, 0.2) is 35.2 Å². The average molecular weight is 247 g/mol. The second kappa shape index (κ2) is 5.69. The maximum Gasteiger partial charge on any atom is 0.137 e. The fourth-order valence-electron chi connectivity index (χ4n) is 1.89. The van der Waals surface area contributed by atoms with Gasteiger partial charge in [0.1, 0.15) is 17.6 Å². The van der Waals surface area contributed by atoms with Gasteiger partial charge in [-0.2, -0.15) is 0 Å². The molecule has 0 bridgehead atoms. The monoisotopic (exact) mass is 247 g/mol. The van der Waals surface area contributed by atoms with Crippen LogP contribution in [0.2, 0.25) is 0 Å². The summed E-state index contributed by atoms with van der Waals surface area (Å²) in [6.07, 6.45) is 4.89. The number of aliphatic hydroxyl groups excluding tert-OH is 1. The van der Waals surface area contributed by atoms with E-state index >= 15 is 0 Å². The quantitative estimate of drug-likeness (QED) is 0.882. The lowest BCUT2D eigenvalue weighted by Crippen LogP contribution is -2.02. The molecule has 0 aliphatic rings. The number of hydrogen-bond donors (Lipinski definition) is 1. The SMILES string of the molecule is CCOc1cncc(C(O)c2ccoc2CC)c1. The fourth-order valence-corrected chi connectivity index (χ4v) is 1.89. The Hall–Kier alpha value is -1.81. The van der Waals surface area contributed by atoms with Gasteiger partial charge >= 0.3 is 0 Å². The van der Waals surface area contributed by atoms with Crippen LogP contribution in [0.1, 0.15) is 36.8 Å². The Morgan fingerprint density at radius 2 is 2.22 bits per heavy atom. The lowest BCUT2D eigenvalue weighted by atomic mass is 10.0. The predicted octanol–water partition coefficient (Wildman–Crippen LogP) is 2.72. The van der Waals surface area contributed by atoms with Crippen LogP contribution in [0.5, 0.6) is 5.75 Å². The van der Waals surface area contributed by atoms with Crippen LogP contribution in [-0.4, -0.2) is 16.7 Å². The molecule has 0 fully saturated rings. The zero-order chi connectivity index (χ0) is 13.0. The Kier molecular flexibility index (Phi) is 3.99. The zero-order valence-electron chi connectivity index (χ0n) is 10.6. The minimum absolute atomic E-state index is 0.577. The van der Waals surface area contributed by atoms with Crippen molar-refractivity contribution in [1.29, 1.82) is 0 Å². The fraction of sp³-hybridized carbons (Fsp3) is 0.357. The zero-order valence-corrected chi connectivity index (χ0v) is 10.6. The van der Waals surface area contributed by atoms with Crippen molar-refractivity contribution in [2.75, 3.05) is 6.61 Å². The lowest BCUT2D eigenvalue weighted by Gasteiger charge is -2.11. The number of pyridine rings is 1. The lowest BCUT2D eigenvalue weighted by molar-refractivity contribution is 0.216. The van der Waals surface area contributed by atoms with E-state index in [0.29, 0.717) is 17.9 Å². The molecule has 0 amide bonds. The molecule has 0 saturated carbocycles. The highest BCUT2D eigenvalue weighted by Gasteiger charge is 2.17. The Morgan fingerprint density at radius 1 is 1.39 bits per heavy atom. The summed E-state index contributed by atoms with van der Waals surface area (Å²) in [5, 5.41) is 10.3. The standard InChI is InChI=1S/C14H17NO3/c1-3-13-12(5-6-18-13)14(16)10-7-11(17-4-2)9-15-8-10/h5-9,14,16H,3-4H2,1-2H3. The Balaban J connectivity index is 2.28. The third kappa shape index (κ3) is 2.54. The van der Waals surface area contributed by atoms with Crippen LogP contribution < -0.4 is 4.74 Å². The molecule has 2 aromatic heterocycles. The molecule has 0 spiro atoms. The Morgan fingerprint density at radius 3 is 2.94 bits per heavy atom. The van der Waals surface area contributed by atoms with E-state index in [9.17, 15) is 5.11 Å². The minimum atomic E-state index is -0.730. The van der Waals surface area contributed by atoms with Gasteiger partial charge in [0.05, 0.1) is 19.1 Å². The van der Waals surface area contributed by atoms with Gasteiger partial charge < -0.3 is 14.3 Å². The third-order valence-electron chi connectivity index (χ3n) is 2.76. The number of hydrogen-bond acceptors (Lipinski definition) is 4. The molecular formula is C14H17NO3. The molecule has 0 aliphatic heterocycles.